The Kier molecular flexibility index (Phi) is 63.2. The minimum Gasteiger partial charge on any atom is -0.462 e. The molecule has 0 fully saturated rings. The van der Waals surface area contributed by atoms with Crippen molar-refractivity contribution in [2.45, 2.75) is 361 Å². The highest BCUT2D eigenvalue weighted by Gasteiger charge is 2.19. The molecule has 0 amide bonds. The number of unbranched alkanes of at least 4 members (excludes halogenated alkanes) is 41. The lowest BCUT2D eigenvalue weighted by Gasteiger charge is -2.18. The highest BCUT2D eigenvalue weighted by Crippen LogP contribution is 2.17. The van der Waals surface area contributed by atoms with Crippen LogP contribution in [0.2, 0.25) is 0 Å². The molecule has 77 heavy (non-hydrogen) atoms. The Morgan fingerprint density at radius 3 is 0.805 bits per heavy atom. The minimum absolute atomic E-state index is 0.0709. The molecule has 1 unspecified atom stereocenters. The number of hydrogen-bond donors (Lipinski definition) is 0. The fourth-order valence-electron chi connectivity index (χ4n) is 9.96. The largest absolute Gasteiger partial charge is 0.462 e. The molecule has 1 atom stereocenters. The van der Waals surface area contributed by atoms with Crippen molar-refractivity contribution in [2.75, 3.05) is 13.2 Å². The second-order valence-electron chi connectivity index (χ2n) is 22.7. The summed E-state index contributed by atoms with van der Waals surface area (Å²) >= 11 is 0. The molecule has 0 bridgehead atoms. The van der Waals surface area contributed by atoms with E-state index in [0.29, 0.717) is 19.3 Å². The van der Waals surface area contributed by atoms with Crippen molar-refractivity contribution in [1.82, 2.24) is 0 Å². The average molecular weight is 1080 g/mol. The highest BCUT2D eigenvalue weighted by molar-refractivity contribution is 5.71. The summed E-state index contributed by atoms with van der Waals surface area (Å²) in [6.45, 7) is 6.58. The summed E-state index contributed by atoms with van der Waals surface area (Å²) in [5, 5.41) is 0. The molecule has 0 saturated heterocycles. The third-order valence-electron chi connectivity index (χ3n) is 15.0. The van der Waals surface area contributed by atoms with Crippen molar-refractivity contribution >= 4 is 17.9 Å². The number of rotatable bonds is 62. The van der Waals surface area contributed by atoms with Gasteiger partial charge in [-0.25, -0.2) is 0 Å². The van der Waals surface area contributed by atoms with E-state index in [1.807, 2.05) is 0 Å². The predicted molar refractivity (Wildman–Crippen MR) is 335 cm³/mol. The molecule has 0 aromatic heterocycles. The molecule has 0 aliphatic carbocycles. The molecule has 0 N–H and O–H groups in total. The second kappa shape index (κ2) is 65.6. The Balaban J connectivity index is 4.27. The molecule has 0 aromatic rings. The average Bonchev–Trinajstić information content (AvgIpc) is 3.43. The summed E-state index contributed by atoms with van der Waals surface area (Å²) in [4.78, 5) is 38.4. The van der Waals surface area contributed by atoms with Gasteiger partial charge in [-0.05, 0) is 83.5 Å². The van der Waals surface area contributed by atoms with Gasteiger partial charge in [-0.3, -0.25) is 14.4 Å². The zero-order chi connectivity index (χ0) is 55.7. The van der Waals surface area contributed by atoms with Crippen molar-refractivity contribution in [3.05, 3.63) is 60.8 Å². The van der Waals surface area contributed by atoms with Crippen LogP contribution in [0, 0.1) is 0 Å². The first-order chi connectivity index (χ1) is 38.0. The Morgan fingerprint density at radius 2 is 0.506 bits per heavy atom. The molecule has 0 rings (SSSR count). The van der Waals surface area contributed by atoms with Crippen LogP contribution in [-0.4, -0.2) is 37.2 Å². The second-order valence-corrected chi connectivity index (χ2v) is 22.7. The van der Waals surface area contributed by atoms with E-state index in [0.717, 1.165) is 83.5 Å². The monoisotopic (exact) mass is 1080 g/mol. The molecule has 0 saturated carbocycles. The SMILES string of the molecule is CC/C=C\C/C=C\C/C=C\C/C=C\CCCCCCCCCCCCCCC(=O)OCC(COC(=O)CCCCCCCCCCCCCCC)OC(=O)CCCCCCCCCCC/C=C\CCCCCCCCCC. The van der Waals surface area contributed by atoms with Crippen LogP contribution in [0.5, 0.6) is 0 Å². The van der Waals surface area contributed by atoms with Gasteiger partial charge in [-0.1, -0.05) is 313 Å². The Bertz CT molecular complexity index is 1380. The first-order valence-corrected chi connectivity index (χ1v) is 33.8. The molecule has 0 heterocycles. The normalized spacial score (nSPS) is 12.4. The van der Waals surface area contributed by atoms with E-state index in [2.05, 4.69) is 81.5 Å². The minimum atomic E-state index is -0.775. The fraction of sp³-hybridized carbons (Fsp3) is 0.817. The lowest BCUT2D eigenvalue weighted by Crippen LogP contribution is -2.30. The zero-order valence-electron chi connectivity index (χ0n) is 51.5. The molecule has 6 nitrogen and oxygen atoms in total. The lowest BCUT2D eigenvalue weighted by atomic mass is 10.0. The van der Waals surface area contributed by atoms with Crippen LogP contribution in [0.3, 0.4) is 0 Å². The van der Waals surface area contributed by atoms with E-state index >= 15 is 0 Å². The van der Waals surface area contributed by atoms with Gasteiger partial charge in [0.1, 0.15) is 13.2 Å². The van der Waals surface area contributed by atoms with Crippen molar-refractivity contribution in [3.8, 4) is 0 Å². The molecule has 0 aliphatic heterocycles. The third-order valence-corrected chi connectivity index (χ3v) is 15.0. The summed E-state index contributed by atoms with van der Waals surface area (Å²) in [6, 6.07) is 0. The molecule has 0 radical (unpaired) electrons. The number of allylic oxidation sites excluding steroid dienone is 10. The van der Waals surface area contributed by atoms with Crippen molar-refractivity contribution in [2.24, 2.45) is 0 Å². The zero-order valence-corrected chi connectivity index (χ0v) is 51.5. The van der Waals surface area contributed by atoms with Gasteiger partial charge < -0.3 is 14.2 Å². The number of esters is 3. The van der Waals surface area contributed by atoms with Crippen LogP contribution in [0.4, 0.5) is 0 Å². The van der Waals surface area contributed by atoms with E-state index in [1.165, 1.54) is 231 Å². The summed E-state index contributed by atoms with van der Waals surface area (Å²) in [5.74, 6) is -0.853. The molecule has 0 spiro atoms. The molecule has 448 valence electrons. The standard InChI is InChI=1S/C71H128O6/c1-4-7-10-13-16-19-22-25-27-29-31-33-34-35-36-38-39-41-43-46-49-52-55-58-61-64-70(73)76-67-68(66-75-69(72)63-60-57-54-51-48-45-24-21-18-15-12-9-6-3)77-71(74)65-62-59-56-53-50-47-44-42-40-37-32-30-28-26-23-20-17-14-11-8-5-2/h7,10,16,19,25,27,30-33,68H,4-6,8-9,11-15,17-18,20-24,26,28-29,34-67H2,1-3H3/b10-7-,19-16-,27-25-,32-30-,33-31-. The van der Waals surface area contributed by atoms with Gasteiger partial charge in [-0.15, -0.1) is 0 Å². The number of carbonyl (C=O) groups is 3. The molecule has 0 aromatic carbocycles. The van der Waals surface area contributed by atoms with E-state index < -0.39 is 6.10 Å². The van der Waals surface area contributed by atoms with Crippen LogP contribution in [0.25, 0.3) is 0 Å². The first-order valence-electron chi connectivity index (χ1n) is 33.8. The van der Waals surface area contributed by atoms with Gasteiger partial charge in [0, 0.05) is 19.3 Å². The van der Waals surface area contributed by atoms with Crippen molar-refractivity contribution in [1.29, 1.82) is 0 Å². The molecular formula is C71H128O6. The van der Waals surface area contributed by atoms with E-state index in [-0.39, 0.29) is 31.1 Å². The summed E-state index contributed by atoms with van der Waals surface area (Å²) in [5.41, 5.74) is 0. The summed E-state index contributed by atoms with van der Waals surface area (Å²) in [7, 11) is 0. The maximum absolute atomic E-state index is 12.9. The fourth-order valence-corrected chi connectivity index (χ4v) is 9.96. The van der Waals surface area contributed by atoms with Crippen LogP contribution in [-0.2, 0) is 28.6 Å². The molecular weight excluding hydrogens is 949 g/mol. The van der Waals surface area contributed by atoms with E-state index in [4.69, 9.17) is 14.2 Å². The van der Waals surface area contributed by atoms with Crippen LogP contribution >= 0.6 is 0 Å². The van der Waals surface area contributed by atoms with Gasteiger partial charge >= 0.3 is 17.9 Å². The van der Waals surface area contributed by atoms with Crippen molar-refractivity contribution < 1.29 is 28.6 Å². The summed E-state index contributed by atoms with van der Waals surface area (Å²) < 4.78 is 17.0. The predicted octanol–water partition coefficient (Wildman–Crippen LogP) is 23.1. The number of hydrogen-bond acceptors (Lipinski definition) is 6. The molecule has 0 aliphatic rings. The summed E-state index contributed by atoms with van der Waals surface area (Å²) in [6.07, 6.45) is 83.8. The number of carbonyl (C=O) groups excluding carboxylic acids is 3. The molecule has 6 heteroatoms. The van der Waals surface area contributed by atoms with Crippen molar-refractivity contribution in [3.63, 3.8) is 0 Å². The van der Waals surface area contributed by atoms with Crippen LogP contribution < -0.4 is 0 Å². The van der Waals surface area contributed by atoms with Gasteiger partial charge in [-0.2, -0.15) is 0 Å². The van der Waals surface area contributed by atoms with Gasteiger partial charge in [0.2, 0.25) is 0 Å². The smallest absolute Gasteiger partial charge is 0.306 e. The Morgan fingerprint density at radius 1 is 0.273 bits per heavy atom. The highest BCUT2D eigenvalue weighted by atomic mass is 16.6. The quantitative estimate of drug-likeness (QED) is 0.0261. The Hall–Kier alpha value is -2.89. The van der Waals surface area contributed by atoms with Gasteiger partial charge in [0.25, 0.3) is 0 Å². The van der Waals surface area contributed by atoms with Gasteiger partial charge in [0.05, 0.1) is 0 Å². The number of ether oxygens (including phenoxy) is 3. The lowest BCUT2D eigenvalue weighted by molar-refractivity contribution is -0.167. The third kappa shape index (κ3) is 63.8. The maximum atomic E-state index is 12.9. The van der Waals surface area contributed by atoms with Gasteiger partial charge in [0.15, 0.2) is 6.10 Å². The Labute approximate surface area is 479 Å². The van der Waals surface area contributed by atoms with Crippen LogP contribution in [0.15, 0.2) is 60.8 Å². The van der Waals surface area contributed by atoms with E-state index in [1.54, 1.807) is 0 Å². The first kappa shape index (κ1) is 74.1. The maximum Gasteiger partial charge on any atom is 0.306 e. The topological polar surface area (TPSA) is 78.9 Å². The van der Waals surface area contributed by atoms with E-state index in [9.17, 15) is 14.4 Å². The van der Waals surface area contributed by atoms with Crippen LogP contribution in [0.1, 0.15) is 355 Å².